The molecular formula is C24H24N4O3. The average Bonchev–Trinajstić information content (AvgIpc) is 3.20. The molecule has 1 aromatic carbocycles. The lowest BCUT2D eigenvalue weighted by molar-refractivity contribution is 0.0923. The van der Waals surface area contributed by atoms with Gasteiger partial charge in [-0.1, -0.05) is 24.6 Å². The van der Waals surface area contributed by atoms with Crippen molar-refractivity contribution in [3.05, 3.63) is 82.1 Å². The predicted molar refractivity (Wildman–Crippen MR) is 118 cm³/mol. The first kappa shape index (κ1) is 19.5. The molecule has 1 fully saturated rings. The number of piperidine rings is 1. The van der Waals surface area contributed by atoms with Crippen molar-refractivity contribution >= 4 is 22.5 Å². The summed E-state index contributed by atoms with van der Waals surface area (Å²) in [5.74, 6) is -0.443. The molecule has 0 bridgehead atoms. The lowest BCUT2D eigenvalue weighted by atomic mass is 10.1. The van der Waals surface area contributed by atoms with Crippen LogP contribution in [0.3, 0.4) is 0 Å². The van der Waals surface area contributed by atoms with E-state index >= 15 is 0 Å². The Balaban J connectivity index is 1.28. The van der Waals surface area contributed by atoms with Gasteiger partial charge in [-0.25, -0.2) is 4.98 Å². The van der Waals surface area contributed by atoms with E-state index in [0.29, 0.717) is 11.0 Å². The van der Waals surface area contributed by atoms with Crippen LogP contribution in [0.5, 0.6) is 0 Å². The maximum absolute atomic E-state index is 12.5. The minimum Gasteiger partial charge on any atom is -0.451 e. The first-order chi connectivity index (χ1) is 15.2. The number of nitrogens with zero attached hydrogens (tertiary/aromatic N) is 3. The molecule has 0 spiro atoms. The molecule has 1 saturated heterocycles. The normalized spacial score (nSPS) is 14.8. The third kappa shape index (κ3) is 4.22. The van der Waals surface area contributed by atoms with Gasteiger partial charge < -0.3 is 14.1 Å². The molecule has 4 aromatic rings. The van der Waals surface area contributed by atoms with E-state index < -0.39 is 5.91 Å². The van der Waals surface area contributed by atoms with Crippen molar-refractivity contribution in [1.29, 1.82) is 0 Å². The Hall–Kier alpha value is -3.45. The number of para-hydroxylation sites is 1. The summed E-state index contributed by atoms with van der Waals surface area (Å²) >= 11 is 0. The SMILES string of the molecule is O=C(NCc1cn2cc(CN3CCCCC3)ccc2n1)c1cc(=O)c2ccccc2o1. The Morgan fingerprint density at radius 2 is 1.90 bits per heavy atom. The minimum atomic E-state index is -0.439. The summed E-state index contributed by atoms with van der Waals surface area (Å²) in [5.41, 5.74) is 2.99. The Morgan fingerprint density at radius 3 is 2.77 bits per heavy atom. The molecule has 0 saturated carbocycles. The van der Waals surface area contributed by atoms with E-state index in [0.717, 1.165) is 31.0 Å². The molecule has 0 atom stereocenters. The van der Waals surface area contributed by atoms with E-state index in [9.17, 15) is 9.59 Å². The van der Waals surface area contributed by atoms with Gasteiger partial charge in [-0.2, -0.15) is 0 Å². The van der Waals surface area contributed by atoms with E-state index in [2.05, 4.69) is 27.5 Å². The summed E-state index contributed by atoms with van der Waals surface area (Å²) in [4.78, 5) is 31.8. The van der Waals surface area contributed by atoms with Crippen molar-refractivity contribution in [2.75, 3.05) is 13.1 Å². The molecule has 0 radical (unpaired) electrons. The highest BCUT2D eigenvalue weighted by atomic mass is 16.3. The molecule has 0 aliphatic carbocycles. The molecule has 158 valence electrons. The van der Waals surface area contributed by atoms with Gasteiger partial charge in [0, 0.05) is 25.0 Å². The number of carbonyl (C=O) groups excluding carboxylic acids is 1. The highest BCUT2D eigenvalue weighted by Crippen LogP contribution is 2.15. The van der Waals surface area contributed by atoms with Crippen molar-refractivity contribution in [1.82, 2.24) is 19.6 Å². The highest BCUT2D eigenvalue weighted by Gasteiger charge is 2.14. The number of amides is 1. The van der Waals surface area contributed by atoms with Gasteiger partial charge in [0.25, 0.3) is 5.91 Å². The third-order valence-corrected chi connectivity index (χ3v) is 5.71. The van der Waals surface area contributed by atoms with Gasteiger partial charge in [0.1, 0.15) is 11.2 Å². The van der Waals surface area contributed by atoms with Gasteiger partial charge in [-0.15, -0.1) is 0 Å². The summed E-state index contributed by atoms with van der Waals surface area (Å²) in [7, 11) is 0. The molecule has 1 aliphatic heterocycles. The molecule has 1 amide bonds. The number of carbonyl (C=O) groups is 1. The first-order valence-electron chi connectivity index (χ1n) is 10.7. The lowest BCUT2D eigenvalue weighted by Crippen LogP contribution is -2.29. The topological polar surface area (TPSA) is 79.9 Å². The number of nitrogens with one attached hydrogen (secondary N) is 1. The van der Waals surface area contributed by atoms with Crippen molar-refractivity contribution in [3.63, 3.8) is 0 Å². The minimum absolute atomic E-state index is 0.00344. The van der Waals surface area contributed by atoms with Crippen LogP contribution < -0.4 is 10.7 Å². The molecule has 7 heteroatoms. The van der Waals surface area contributed by atoms with Gasteiger partial charge in [-0.05, 0) is 49.7 Å². The van der Waals surface area contributed by atoms with E-state index in [4.69, 9.17) is 4.42 Å². The fourth-order valence-electron chi connectivity index (χ4n) is 4.12. The largest absolute Gasteiger partial charge is 0.451 e. The van der Waals surface area contributed by atoms with E-state index in [1.54, 1.807) is 24.3 Å². The number of hydrogen-bond donors (Lipinski definition) is 1. The standard InChI is InChI=1S/C24H24N4O3/c29-20-12-22(31-21-7-3-2-6-19(20)21)24(30)25-13-18-16-28-15-17(8-9-23(28)26-18)14-27-10-4-1-5-11-27/h2-3,6-9,12,15-16H,1,4-5,10-11,13-14H2,(H,25,30). The number of hydrogen-bond acceptors (Lipinski definition) is 5. The number of likely N-dealkylation sites (tertiary alicyclic amines) is 1. The van der Waals surface area contributed by atoms with Crippen LogP contribution in [0.4, 0.5) is 0 Å². The quantitative estimate of drug-likeness (QED) is 0.540. The first-order valence-corrected chi connectivity index (χ1v) is 10.7. The lowest BCUT2D eigenvalue weighted by Gasteiger charge is -2.26. The molecule has 31 heavy (non-hydrogen) atoms. The molecule has 1 aliphatic rings. The van der Waals surface area contributed by atoms with Crippen molar-refractivity contribution < 1.29 is 9.21 Å². The Morgan fingerprint density at radius 1 is 1.06 bits per heavy atom. The average molecular weight is 416 g/mol. The number of fused-ring (bicyclic) bond motifs is 2. The van der Waals surface area contributed by atoms with Crippen molar-refractivity contribution in [3.8, 4) is 0 Å². The Labute approximate surface area is 179 Å². The van der Waals surface area contributed by atoms with Crippen LogP contribution >= 0.6 is 0 Å². The van der Waals surface area contributed by atoms with Gasteiger partial charge in [0.05, 0.1) is 17.6 Å². The zero-order valence-electron chi connectivity index (χ0n) is 17.2. The van der Waals surface area contributed by atoms with Crippen LogP contribution in [-0.2, 0) is 13.1 Å². The number of aromatic nitrogens is 2. The number of imidazole rings is 1. The second-order valence-electron chi connectivity index (χ2n) is 8.03. The Kier molecular flexibility index (Phi) is 5.26. The molecule has 0 unspecified atom stereocenters. The molecule has 3 aromatic heterocycles. The summed E-state index contributed by atoms with van der Waals surface area (Å²) in [6.07, 6.45) is 7.90. The smallest absolute Gasteiger partial charge is 0.287 e. The Bertz CT molecular complexity index is 1300. The number of rotatable bonds is 5. The summed E-state index contributed by atoms with van der Waals surface area (Å²) in [5, 5.41) is 3.25. The third-order valence-electron chi connectivity index (χ3n) is 5.71. The van der Waals surface area contributed by atoms with Crippen LogP contribution in [0.15, 0.2) is 64.1 Å². The molecule has 1 N–H and O–H groups in total. The summed E-state index contributed by atoms with van der Waals surface area (Å²) in [6, 6.07) is 12.2. The second kappa shape index (κ2) is 8.35. The predicted octanol–water partition coefficient (Wildman–Crippen LogP) is 3.36. The van der Waals surface area contributed by atoms with Crippen molar-refractivity contribution in [2.45, 2.75) is 32.4 Å². The molecule has 7 nitrogen and oxygen atoms in total. The van der Waals surface area contributed by atoms with E-state index in [1.807, 2.05) is 16.7 Å². The van der Waals surface area contributed by atoms with Gasteiger partial charge in [0.2, 0.25) is 0 Å². The summed E-state index contributed by atoms with van der Waals surface area (Å²) in [6.45, 7) is 3.51. The fourth-order valence-corrected chi connectivity index (χ4v) is 4.12. The zero-order chi connectivity index (χ0) is 21.2. The van der Waals surface area contributed by atoms with E-state index in [1.165, 1.54) is 30.9 Å². The van der Waals surface area contributed by atoms with Crippen LogP contribution in [-0.4, -0.2) is 33.3 Å². The zero-order valence-corrected chi connectivity index (χ0v) is 17.2. The van der Waals surface area contributed by atoms with Crippen LogP contribution in [0, 0.1) is 0 Å². The monoisotopic (exact) mass is 416 g/mol. The maximum atomic E-state index is 12.5. The molecule has 4 heterocycles. The van der Waals surface area contributed by atoms with Gasteiger partial charge in [0.15, 0.2) is 11.2 Å². The van der Waals surface area contributed by atoms with Crippen LogP contribution in [0.25, 0.3) is 16.6 Å². The highest BCUT2D eigenvalue weighted by molar-refractivity contribution is 5.93. The van der Waals surface area contributed by atoms with E-state index in [-0.39, 0.29) is 17.7 Å². The van der Waals surface area contributed by atoms with Crippen molar-refractivity contribution in [2.24, 2.45) is 0 Å². The maximum Gasteiger partial charge on any atom is 0.287 e. The molecule has 5 rings (SSSR count). The summed E-state index contributed by atoms with van der Waals surface area (Å²) < 4.78 is 7.59. The molecular weight excluding hydrogens is 392 g/mol. The number of pyridine rings is 1. The van der Waals surface area contributed by atoms with Crippen LogP contribution in [0.2, 0.25) is 0 Å². The fraction of sp³-hybridized carbons (Fsp3) is 0.292. The van der Waals surface area contributed by atoms with Gasteiger partial charge in [-0.3, -0.25) is 14.5 Å². The van der Waals surface area contributed by atoms with Crippen LogP contribution in [0.1, 0.15) is 41.1 Å². The number of benzene rings is 1. The van der Waals surface area contributed by atoms with Gasteiger partial charge >= 0.3 is 0 Å². The second-order valence-corrected chi connectivity index (χ2v) is 8.03.